The number of hydrogen-bond acceptors (Lipinski definition) is 3. The molecular weight excluding hydrogens is 199 g/mol. The zero-order valence-electron chi connectivity index (χ0n) is 8.97. The summed E-state index contributed by atoms with van der Waals surface area (Å²) in [4.78, 5) is 16.1. The molecule has 0 amide bonds. The Morgan fingerprint density at radius 1 is 1.19 bits per heavy atom. The molecular formula is C12H11BN2O. The van der Waals surface area contributed by atoms with Crippen molar-refractivity contribution in [3.63, 3.8) is 0 Å². The maximum absolute atomic E-state index is 12.1. The number of carbonyl (C=O) groups is 1. The van der Waals surface area contributed by atoms with Crippen molar-refractivity contribution in [3.8, 4) is 0 Å². The van der Waals surface area contributed by atoms with E-state index in [-0.39, 0.29) is 5.78 Å². The van der Waals surface area contributed by atoms with Crippen molar-refractivity contribution in [1.82, 2.24) is 4.98 Å². The Morgan fingerprint density at radius 3 is 2.56 bits per heavy atom. The zero-order valence-corrected chi connectivity index (χ0v) is 8.97. The lowest BCUT2D eigenvalue weighted by Crippen LogP contribution is -2.18. The molecule has 0 saturated heterocycles. The van der Waals surface area contributed by atoms with E-state index in [1.165, 1.54) is 0 Å². The molecule has 2 N–H and O–H groups in total. The van der Waals surface area contributed by atoms with Gasteiger partial charge >= 0.3 is 0 Å². The average Bonchev–Trinajstić information content (AvgIpc) is 2.33. The van der Waals surface area contributed by atoms with Crippen LogP contribution >= 0.6 is 0 Å². The van der Waals surface area contributed by atoms with Crippen molar-refractivity contribution in [3.05, 3.63) is 53.7 Å². The van der Waals surface area contributed by atoms with Gasteiger partial charge in [0.2, 0.25) is 0 Å². The molecule has 4 heteroatoms. The van der Waals surface area contributed by atoms with E-state index in [1.54, 1.807) is 32.2 Å². The molecule has 0 atom stereocenters. The molecule has 1 aromatic heterocycles. The van der Waals surface area contributed by atoms with E-state index in [4.69, 9.17) is 5.73 Å². The first kappa shape index (κ1) is 10.4. The highest BCUT2D eigenvalue weighted by Crippen LogP contribution is 2.13. The summed E-state index contributed by atoms with van der Waals surface area (Å²) in [5, 5.41) is 0. The van der Waals surface area contributed by atoms with Crippen LogP contribution in [0.15, 0.2) is 42.6 Å². The van der Waals surface area contributed by atoms with Crippen LogP contribution in [0.25, 0.3) is 0 Å². The highest BCUT2D eigenvalue weighted by molar-refractivity contribution is 6.35. The molecule has 78 valence electrons. The molecule has 16 heavy (non-hydrogen) atoms. The molecule has 0 saturated carbocycles. The molecule has 3 nitrogen and oxygen atoms in total. The number of hydrogen-bond donors (Lipinski definition) is 1. The Labute approximate surface area is 94.7 Å². The van der Waals surface area contributed by atoms with Crippen molar-refractivity contribution in [2.75, 3.05) is 5.73 Å². The molecule has 2 rings (SSSR count). The number of nitrogens with zero attached hydrogens (tertiary/aromatic N) is 1. The van der Waals surface area contributed by atoms with E-state index in [1.807, 2.05) is 18.2 Å². The first-order chi connectivity index (χ1) is 7.70. The summed E-state index contributed by atoms with van der Waals surface area (Å²) in [6, 6.07) is 10.7. The predicted octanol–water partition coefficient (Wildman–Crippen LogP) is 0.153. The normalized spacial score (nSPS) is 10.0. The minimum atomic E-state index is -0.0661. The largest absolute Gasteiger partial charge is 0.397 e. The number of nitrogens with two attached hydrogens (primary N) is 1. The van der Waals surface area contributed by atoms with Crippen molar-refractivity contribution in [1.29, 1.82) is 0 Å². The number of ketones is 1. The van der Waals surface area contributed by atoms with Gasteiger partial charge in [-0.1, -0.05) is 30.3 Å². The van der Waals surface area contributed by atoms with Crippen LogP contribution < -0.4 is 11.3 Å². The number of pyridine rings is 1. The van der Waals surface area contributed by atoms with Gasteiger partial charge in [-0.25, -0.2) is 0 Å². The maximum atomic E-state index is 12.1. The van der Waals surface area contributed by atoms with Crippen LogP contribution in [0.3, 0.4) is 0 Å². The summed E-state index contributed by atoms with van der Waals surface area (Å²) in [6.45, 7) is 0. The lowest BCUT2D eigenvalue weighted by molar-refractivity contribution is 0.103. The lowest BCUT2D eigenvalue weighted by Gasteiger charge is -2.06. The smallest absolute Gasteiger partial charge is 0.195 e. The molecule has 1 aromatic carbocycles. The summed E-state index contributed by atoms with van der Waals surface area (Å²) >= 11 is 0. The van der Waals surface area contributed by atoms with Crippen molar-refractivity contribution in [2.24, 2.45) is 0 Å². The number of rotatable bonds is 2. The molecule has 0 radical (unpaired) electrons. The van der Waals surface area contributed by atoms with Gasteiger partial charge in [0.25, 0.3) is 0 Å². The second-order valence-electron chi connectivity index (χ2n) is 3.55. The van der Waals surface area contributed by atoms with Crippen LogP contribution in [-0.4, -0.2) is 18.6 Å². The van der Waals surface area contributed by atoms with Crippen LogP contribution in [0.1, 0.15) is 15.9 Å². The van der Waals surface area contributed by atoms with Crippen LogP contribution in [0.2, 0.25) is 0 Å². The average molecular weight is 210 g/mol. The van der Waals surface area contributed by atoms with Gasteiger partial charge in [-0.2, -0.15) is 0 Å². The summed E-state index contributed by atoms with van der Waals surface area (Å²) in [5.41, 5.74) is 8.13. The second kappa shape index (κ2) is 4.19. The Balaban J connectivity index is 2.46. The van der Waals surface area contributed by atoms with E-state index < -0.39 is 0 Å². The van der Waals surface area contributed by atoms with Gasteiger partial charge < -0.3 is 5.73 Å². The Morgan fingerprint density at radius 2 is 1.88 bits per heavy atom. The van der Waals surface area contributed by atoms with Gasteiger partial charge in [-0.3, -0.25) is 9.78 Å². The fraction of sp³-hybridized carbons (Fsp3) is 0. The topological polar surface area (TPSA) is 56.0 Å². The van der Waals surface area contributed by atoms with E-state index >= 15 is 0 Å². The quantitative estimate of drug-likeness (QED) is 0.567. The molecule has 2 aromatic rings. The van der Waals surface area contributed by atoms with Crippen LogP contribution in [0.5, 0.6) is 0 Å². The van der Waals surface area contributed by atoms with Gasteiger partial charge in [-0.15, -0.1) is 0 Å². The maximum Gasteiger partial charge on any atom is 0.195 e. The third kappa shape index (κ3) is 1.82. The first-order valence-corrected chi connectivity index (χ1v) is 5.01. The number of nitrogen functional groups attached to an aromatic ring is 1. The van der Waals surface area contributed by atoms with Gasteiger partial charge in [-0.05, 0) is 6.07 Å². The Bertz CT molecular complexity index is 526. The molecule has 0 aliphatic heterocycles. The third-order valence-electron chi connectivity index (χ3n) is 2.47. The van der Waals surface area contributed by atoms with E-state index in [2.05, 4.69) is 4.98 Å². The van der Waals surface area contributed by atoms with Crippen LogP contribution in [0, 0.1) is 0 Å². The van der Waals surface area contributed by atoms with E-state index in [0.29, 0.717) is 22.4 Å². The minimum Gasteiger partial charge on any atom is -0.397 e. The van der Waals surface area contributed by atoms with E-state index in [0.717, 1.165) is 0 Å². The molecule has 0 bridgehead atoms. The SMILES string of the molecule is Bc1nccc(C(=O)c2ccccc2)c1N. The third-order valence-corrected chi connectivity index (χ3v) is 2.47. The predicted molar refractivity (Wildman–Crippen MR) is 66.7 cm³/mol. The number of anilines is 1. The van der Waals surface area contributed by atoms with Gasteiger partial charge in [0.15, 0.2) is 13.6 Å². The molecule has 0 unspecified atom stereocenters. The van der Waals surface area contributed by atoms with Crippen molar-refractivity contribution in [2.45, 2.75) is 0 Å². The molecule has 0 fully saturated rings. The van der Waals surface area contributed by atoms with Gasteiger partial charge in [0.1, 0.15) is 0 Å². The number of benzene rings is 1. The number of aromatic nitrogens is 1. The molecule has 0 spiro atoms. The fourth-order valence-electron chi connectivity index (χ4n) is 1.52. The highest BCUT2D eigenvalue weighted by Gasteiger charge is 2.12. The Kier molecular flexibility index (Phi) is 2.73. The van der Waals surface area contributed by atoms with E-state index in [9.17, 15) is 4.79 Å². The van der Waals surface area contributed by atoms with Crippen molar-refractivity contribution < 1.29 is 4.79 Å². The van der Waals surface area contributed by atoms with Gasteiger partial charge in [0, 0.05) is 22.9 Å². The summed E-state index contributed by atoms with van der Waals surface area (Å²) < 4.78 is 0. The summed E-state index contributed by atoms with van der Waals surface area (Å²) in [7, 11) is 1.79. The van der Waals surface area contributed by atoms with Crippen molar-refractivity contribution >= 4 is 24.9 Å². The monoisotopic (exact) mass is 210 g/mol. The second-order valence-corrected chi connectivity index (χ2v) is 3.55. The van der Waals surface area contributed by atoms with Crippen LogP contribution in [-0.2, 0) is 0 Å². The standard InChI is InChI=1S/C12H11BN2O/c13-12-10(14)9(6-7-15-12)11(16)8-4-2-1-3-5-8/h1-7H,13-14H2. The summed E-state index contributed by atoms with van der Waals surface area (Å²) in [6.07, 6.45) is 1.60. The molecule has 0 aliphatic rings. The minimum absolute atomic E-state index is 0.0661. The fourth-order valence-corrected chi connectivity index (χ4v) is 1.52. The Hall–Kier alpha value is -2.10. The lowest BCUT2D eigenvalue weighted by atomic mass is 9.95. The van der Waals surface area contributed by atoms with Gasteiger partial charge in [0.05, 0.1) is 5.69 Å². The molecule has 0 aliphatic carbocycles. The van der Waals surface area contributed by atoms with Crippen LogP contribution in [0.4, 0.5) is 5.69 Å². The highest BCUT2D eigenvalue weighted by atomic mass is 16.1. The summed E-state index contributed by atoms with van der Waals surface area (Å²) in [5.74, 6) is -0.0661. The first-order valence-electron chi connectivity index (χ1n) is 5.01. The zero-order chi connectivity index (χ0) is 11.5. The molecule has 1 heterocycles. The number of carbonyl (C=O) groups excluding carboxylic acids is 1.